The zero-order valence-corrected chi connectivity index (χ0v) is 10.7. The summed E-state index contributed by atoms with van der Waals surface area (Å²) in [6.45, 7) is 2.40. The number of rotatable bonds is 5. The zero-order valence-electron chi connectivity index (χ0n) is 10.7. The van der Waals surface area contributed by atoms with Gasteiger partial charge >= 0.3 is 0 Å². The third-order valence-electron chi connectivity index (χ3n) is 3.08. The molecular weight excluding hydrogens is 230 g/mol. The smallest absolute Gasteiger partial charge is 0.224 e. The van der Waals surface area contributed by atoms with Gasteiger partial charge in [-0.15, -0.1) is 0 Å². The minimum Gasteiger partial charge on any atom is -0.493 e. The summed E-state index contributed by atoms with van der Waals surface area (Å²) in [6.07, 6.45) is 4.47. The topological polar surface area (TPSA) is 54.5 Å². The van der Waals surface area contributed by atoms with Crippen molar-refractivity contribution in [2.24, 2.45) is 0 Å². The maximum Gasteiger partial charge on any atom is 0.224 e. The molecular formula is C13H19N3O2. The van der Waals surface area contributed by atoms with Crippen molar-refractivity contribution in [3.8, 4) is 5.75 Å². The van der Waals surface area contributed by atoms with Crippen molar-refractivity contribution in [2.75, 3.05) is 32.1 Å². The van der Waals surface area contributed by atoms with Crippen molar-refractivity contribution < 1.29 is 9.53 Å². The number of nitrogens with zero attached hydrogens (tertiary/aromatic N) is 2. The summed E-state index contributed by atoms with van der Waals surface area (Å²) in [4.78, 5) is 17.9. The van der Waals surface area contributed by atoms with Crippen LogP contribution in [0.4, 0.5) is 5.82 Å². The van der Waals surface area contributed by atoms with E-state index in [1.807, 2.05) is 17.0 Å². The average Bonchev–Trinajstić information content (AvgIpc) is 2.93. The second-order valence-electron chi connectivity index (χ2n) is 4.32. The van der Waals surface area contributed by atoms with E-state index in [0.29, 0.717) is 24.5 Å². The fraction of sp³-hybridized carbons (Fsp3) is 0.538. The lowest BCUT2D eigenvalue weighted by Crippen LogP contribution is -2.29. The first-order chi connectivity index (χ1) is 8.81. The number of nitrogens with one attached hydrogen (secondary N) is 1. The highest BCUT2D eigenvalue weighted by Gasteiger charge is 2.17. The summed E-state index contributed by atoms with van der Waals surface area (Å²) in [6, 6.07) is 3.66. The van der Waals surface area contributed by atoms with Gasteiger partial charge in [-0.2, -0.15) is 0 Å². The Hall–Kier alpha value is -1.78. The second kappa shape index (κ2) is 6.23. The Bertz CT molecular complexity index is 403. The summed E-state index contributed by atoms with van der Waals surface area (Å²) < 4.78 is 5.18. The van der Waals surface area contributed by atoms with Gasteiger partial charge in [0.05, 0.1) is 7.11 Å². The lowest BCUT2D eigenvalue weighted by atomic mass is 10.3. The number of pyridine rings is 1. The predicted octanol–water partition coefficient (Wildman–Crippen LogP) is 1.51. The van der Waals surface area contributed by atoms with Crippen LogP contribution in [0.2, 0.25) is 0 Å². The molecule has 98 valence electrons. The van der Waals surface area contributed by atoms with Crippen LogP contribution >= 0.6 is 0 Å². The first-order valence-electron chi connectivity index (χ1n) is 6.32. The van der Waals surface area contributed by atoms with Crippen LogP contribution in [0.3, 0.4) is 0 Å². The fourth-order valence-corrected chi connectivity index (χ4v) is 2.10. The molecule has 0 aromatic carbocycles. The molecule has 18 heavy (non-hydrogen) atoms. The highest BCUT2D eigenvalue weighted by atomic mass is 16.5. The first kappa shape index (κ1) is 12.7. The summed E-state index contributed by atoms with van der Waals surface area (Å²) in [5, 5.41) is 3.13. The number of amides is 1. The van der Waals surface area contributed by atoms with Gasteiger partial charge in [-0.1, -0.05) is 0 Å². The van der Waals surface area contributed by atoms with Gasteiger partial charge in [0.1, 0.15) is 0 Å². The van der Waals surface area contributed by atoms with Crippen molar-refractivity contribution in [1.82, 2.24) is 9.88 Å². The molecule has 0 aliphatic carbocycles. The highest BCUT2D eigenvalue weighted by molar-refractivity contribution is 5.77. The van der Waals surface area contributed by atoms with Gasteiger partial charge in [-0.25, -0.2) is 4.98 Å². The largest absolute Gasteiger partial charge is 0.493 e. The minimum atomic E-state index is 0.217. The van der Waals surface area contributed by atoms with Crippen LogP contribution in [0.25, 0.3) is 0 Å². The zero-order chi connectivity index (χ0) is 12.8. The highest BCUT2D eigenvalue weighted by Crippen LogP contribution is 2.19. The summed E-state index contributed by atoms with van der Waals surface area (Å²) in [7, 11) is 1.61. The Morgan fingerprint density at radius 1 is 1.50 bits per heavy atom. The Morgan fingerprint density at radius 3 is 3.00 bits per heavy atom. The third kappa shape index (κ3) is 3.12. The number of hydrogen-bond acceptors (Lipinski definition) is 4. The Kier molecular flexibility index (Phi) is 4.39. The molecule has 1 saturated heterocycles. The number of carbonyl (C=O) groups is 1. The molecule has 1 aliphatic rings. The number of likely N-dealkylation sites (tertiary alicyclic amines) is 1. The van der Waals surface area contributed by atoms with E-state index in [9.17, 15) is 4.79 Å². The molecule has 0 atom stereocenters. The Balaban J connectivity index is 1.79. The molecule has 1 N–H and O–H groups in total. The van der Waals surface area contributed by atoms with E-state index in [1.165, 1.54) is 0 Å². The van der Waals surface area contributed by atoms with Gasteiger partial charge in [-0.3, -0.25) is 4.79 Å². The van der Waals surface area contributed by atoms with Gasteiger partial charge in [0.15, 0.2) is 11.6 Å². The summed E-state index contributed by atoms with van der Waals surface area (Å²) in [5.41, 5.74) is 0. The Morgan fingerprint density at radius 2 is 2.28 bits per heavy atom. The number of ether oxygens (including phenoxy) is 1. The molecule has 5 heteroatoms. The predicted molar refractivity (Wildman–Crippen MR) is 69.7 cm³/mol. The van der Waals surface area contributed by atoms with Crippen LogP contribution in [0.5, 0.6) is 5.75 Å². The maximum atomic E-state index is 11.8. The normalized spacial score (nSPS) is 14.6. The van der Waals surface area contributed by atoms with Crippen LogP contribution < -0.4 is 10.1 Å². The van der Waals surface area contributed by atoms with E-state index in [1.54, 1.807) is 13.3 Å². The molecule has 0 radical (unpaired) electrons. The van der Waals surface area contributed by atoms with Gasteiger partial charge in [0.2, 0.25) is 5.91 Å². The first-order valence-corrected chi connectivity index (χ1v) is 6.32. The van der Waals surface area contributed by atoms with Gasteiger partial charge in [-0.05, 0) is 25.0 Å². The summed E-state index contributed by atoms with van der Waals surface area (Å²) >= 11 is 0. The number of anilines is 1. The van der Waals surface area contributed by atoms with Crippen molar-refractivity contribution in [1.29, 1.82) is 0 Å². The standard InChI is InChI=1S/C13H19N3O2/c1-18-11-5-4-7-14-13(11)15-8-6-12(17)16-9-2-3-10-16/h4-5,7H,2-3,6,8-10H2,1H3,(H,14,15). The third-order valence-corrected chi connectivity index (χ3v) is 3.08. The van der Waals surface area contributed by atoms with Crippen molar-refractivity contribution in [3.05, 3.63) is 18.3 Å². The molecule has 1 aromatic heterocycles. The van der Waals surface area contributed by atoms with E-state index in [-0.39, 0.29) is 5.91 Å². The maximum absolute atomic E-state index is 11.8. The van der Waals surface area contributed by atoms with Crippen LogP contribution in [-0.2, 0) is 4.79 Å². The molecule has 2 rings (SSSR count). The number of carbonyl (C=O) groups excluding carboxylic acids is 1. The Labute approximate surface area is 107 Å². The molecule has 5 nitrogen and oxygen atoms in total. The molecule has 1 amide bonds. The minimum absolute atomic E-state index is 0.217. The van der Waals surface area contributed by atoms with Gasteiger partial charge < -0.3 is 15.0 Å². The summed E-state index contributed by atoms with van der Waals surface area (Å²) in [5.74, 6) is 1.61. The van der Waals surface area contributed by atoms with E-state index in [4.69, 9.17) is 4.74 Å². The van der Waals surface area contributed by atoms with Gasteiger partial charge in [0, 0.05) is 32.3 Å². The van der Waals surface area contributed by atoms with Crippen LogP contribution in [0.15, 0.2) is 18.3 Å². The molecule has 0 saturated carbocycles. The van der Waals surface area contributed by atoms with Gasteiger partial charge in [0.25, 0.3) is 0 Å². The molecule has 1 aromatic rings. The molecule has 1 aliphatic heterocycles. The number of methoxy groups -OCH3 is 1. The van der Waals surface area contributed by atoms with Crippen LogP contribution in [0, 0.1) is 0 Å². The van der Waals surface area contributed by atoms with E-state index in [0.717, 1.165) is 25.9 Å². The van der Waals surface area contributed by atoms with Crippen molar-refractivity contribution >= 4 is 11.7 Å². The van der Waals surface area contributed by atoms with E-state index in [2.05, 4.69) is 10.3 Å². The SMILES string of the molecule is COc1cccnc1NCCC(=O)N1CCCC1. The second-order valence-corrected chi connectivity index (χ2v) is 4.32. The van der Waals surface area contributed by atoms with Crippen LogP contribution in [-0.4, -0.2) is 42.5 Å². The fourth-order valence-electron chi connectivity index (χ4n) is 2.10. The number of aromatic nitrogens is 1. The monoisotopic (exact) mass is 249 g/mol. The van der Waals surface area contributed by atoms with Crippen LogP contribution in [0.1, 0.15) is 19.3 Å². The number of hydrogen-bond donors (Lipinski definition) is 1. The van der Waals surface area contributed by atoms with E-state index >= 15 is 0 Å². The van der Waals surface area contributed by atoms with E-state index < -0.39 is 0 Å². The average molecular weight is 249 g/mol. The van der Waals surface area contributed by atoms with Crippen molar-refractivity contribution in [2.45, 2.75) is 19.3 Å². The molecule has 1 fully saturated rings. The lowest BCUT2D eigenvalue weighted by Gasteiger charge is -2.15. The molecule has 2 heterocycles. The lowest BCUT2D eigenvalue weighted by molar-refractivity contribution is -0.129. The molecule has 0 bridgehead atoms. The molecule has 0 spiro atoms. The van der Waals surface area contributed by atoms with Crippen molar-refractivity contribution in [3.63, 3.8) is 0 Å². The molecule has 0 unspecified atom stereocenters. The quantitative estimate of drug-likeness (QED) is 0.859.